The Hall–Kier alpha value is -0.800. The summed E-state index contributed by atoms with van der Waals surface area (Å²) in [4.78, 5) is 2.40. The highest BCUT2D eigenvalue weighted by Gasteiger charge is 2.27. The summed E-state index contributed by atoms with van der Waals surface area (Å²) in [6.45, 7) is 7.20. The summed E-state index contributed by atoms with van der Waals surface area (Å²) in [5.41, 5.74) is 0. The van der Waals surface area contributed by atoms with Gasteiger partial charge >= 0.3 is 0 Å². The summed E-state index contributed by atoms with van der Waals surface area (Å²) in [6.07, 6.45) is 1.57. The third-order valence-electron chi connectivity index (χ3n) is 3.48. The summed E-state index contributed by atoms with van der Waals surface area (Å²) in [6, 6.07) is 4.01. The van der Waals surface area contributed by atoms with Crippen molar-refractivity contribution in [3.05, 3.63) is 23.7 Å². The number of hydrogen-bond donors (Lipinski definition) is 1. The molecule has 2 atom stereocenters. The molecule has 3 nitrogen and oxygen atoms in total. The van der Waals surface area contributed by atoms with E-state index in [0.717, 1.165) is 44.0 Å². The number of nitrogens with zero attached hydrogens (tertiary/aromatic N) is 1. The number of rotatable bonds is 3. The molecule has 1 aliphatic rings. The lowest BCUT2D eigenvalue weighted by Crippen LogP contribution is -2.43. The molecule has 16 heavy (non-hydrogen) atoms. The molecule has 0 saturated carbocycles. The Labute approximate surface area is 97.1 Å². The predicted molar refractivity (Wildman–Crippen MR) is 63.4 cm³/mol. The molecule has 3 heteroatoms. The van der Waals surface area contributed by atoms with E-state index in [0.29, 0.717) is 5.92 Å². The van der Waals surface area contributed by atoms with E-state index in [-0.39, 0.29) is 6.10 Å². The van der Waals surface area contributed by atoms with Crippen molar-refractivity contribution in [2.24, 2.45) is 5.92 Å². The van der Waals surface area contributed by atoms with Crippen molar-refractivity contribution in [2.45, 2.75) is 32.8 Å². The average Bonchev–Trinajstić information content (AvgIpc) is 2.67. The normalized spacial score (nSPS) is 27.2. The van der Waals surface area contributed by atoms with Crippen LogP contribution >= 0.6 is 0 Å². The van der Waals surface area contributed by atoms with Gasteiger partial charge in [0, 0.05) is 25.4 Å². The molecular formula is C13H21NO2. The van der Waals surface area contributed by atoms with Crippen molar-refractivity contribution in [1.29, 1.82) is 0 Å². The highest BCUT2D eigenvalue weighted by Crippen LogP contribution is 2.22. The number of piperidine rings is 1. The van der Waals surface area contributed by atoms with E-state index >= 15 is 0 Å². The Morgan fingerprint density at radius 1 is 1.50 bits per heavy atom. The van der Waals surface area contributed by atoms with Crippen LogP contribution in [0.4, 0.5) is 0 Å². The minimum Gasteiger partial charge on any atom is -0.466 e. The van der Waals surface area contributed by atoms with Crippen molar-refractivity contribution >= 4 is 0 Å². The van der Waals surface area contributed by atoms with Crippen molar-refractivity contribution in [2.75, 3.05) is 19.6 Å². The van der Waals surface area contributed by atoms with Crippen LogP contribution in [0.2, 0.25) is 0 Å². The first-order valence-corrected chi connectivity index (χ1v) is 6.14. The molecule has 0 aliphatic carbocycles. The smallest absolute Gasteiger partial charge is 0.104 e. The second-order valence-corrected chi connectivity index (χ2v) is 4.73. The fraction of sp³-hybridized carbons (Fsp3) is 0.692. The second kappa shape index (κ2) is 5.02. The molecule has 90 valence electrons. The van der Waals surface area contributed by atoms with E-state index in [2.05, 4.69) is 11.8 Å². The Kier molecular flexibility index (Phi) is 3.66. The van der Waals surface area contributed by atoms with E-state index in [1.54, 1.807) is 0 Å². The van der Waals surface area contributed by atoms with Crippen LogP contribution in [-0.2, 0) is 6.42 Å². The van der Waals surface area contributed by atoms with Gasteiger partial charge in [0.25, 0.3) is 0 Å². The minimum absolute atomic E-state index is 0.173. The highest BCUT2D eigenvalue weighted by molar-refractivity contribution is 5.07. The maximum absolute atomic E-state index is 9.98. The molecule has 1 aromatic heterocycles. The van der Waals surface area contributed by atoms with Crippen molar-refractivity contribution in [3.8, 4) is 0 Å². The van der Waals surface area contributed by atoms with Crippen LogP contribution in [-0.4, -0.2) is 35.7 Å². The molecule has 1 saturated heterocycles. The summed E-state index contributed by atoms with van der Waals surface area (Å²) < 4.78 is 5.57. The topological polar surface area (TPSA) is 36.6 Å². The number of hydrogen-bond acceptors (Lipinski definition) is 3. The lowest BCUT2D eigenvalue weighted by Gasteiger charge is -2.35. The monoisotopic (exact) mass is 223 g/mol. The van der Waals surface area contributed by atoms with Gasteiger partial charge in [0.05, 0.1) is 6.10 Å². The summed E-state index contributed by atoms with van der Waals surface area (Å²) >= 11 is 0. The van der Waals surface area contributed by atoms with Gasteiger partial charge in [-0.15, -0.1) is 0 Å². The second-order valence-electron chi connectivity index (χ2n) is 4.73. The quantitative estimate of drug-likeness (QED) is 0.849. The van der Waals surface area contributed by atoms with Crippen LogP contribution < -0.4 is 0 Å². The first-order chi connectivity index (χ1) is 7.69. The summed E-state index contributed by atoms with van der Waals surface area (Å²) in [5, 5.41) is 9.98. The van der Waals surface area contributed by atoms with E-state index in [9.17, 15) is 5.11 Å². The van der Waals surface area contributed by atoms with Gasteiger partial charge in [0.15, 0.2) is 0 Å². The van der Waals surface area contributed by atoms with E-state index in [1.165, 1.54) is 0 Å². The Balaban J connectivity index is 1.96. The van der Waals surface area contributed by atoms with Crippen molar-refractivity contribution in [1.82, 2.24) is 4.90 Å². The summed E-state index contributed by atoms with van der Waals surface area (Å²) in [5.74, 6) is 2.27. The van der Waals surface area contributed by atoms with Crippen LogP contribution in [0.5, 0.6) is 0 Å². The molecule has 1 N–H and O–H groups in total. The van der Waals surface area contributed by atoms with Gasteiger partial charge in [-0.3, -0.25) is 0 Å². The standard InChI is InChI=1S/C13H21NO2/c1-3-14-7-6-13(15)11(9-14)8-12-5-4-10(2)16-12/h4-5,11,13,15H,3,6-9H2,1-2H3. The van der Waals surface area contributed by atoms with Crippen molar-refractivity contribution < 1.29 is 9.52 Å². The van der Waals surface area contributed by atoms with Gasteiger partial charge in [-0.1, -0.05) is 6.92 Å². The lowest BCUT2D eigenvalue weighted by molar-refractivity contribution is 0.0267. The van der Waals surface area contributed by atoms with Crippen LogP contribution in [0.1, 0.15) is 24.9 Å². The Morgan fingerprint density at radius 2 is 2.31 bits per heavy atom. The third kappa shape index (κ3) is 2.66. The van der Waals surface area contributed by atoms with Crippen LogP contribution in [0, 0.1) is 12.8 Å². The first-order valence-electron chi connectivity index (χ1n) is 6.14. The lowest BCUT2D eigenvalue weighted by atomic mass is 9.91. The maximum atomic E-state index is 9.98. The van der Waals surface area contributed by atoms with E-state index in [1.807, 2.05) is 19.1 Å². The summed E-state index contributed by atoms with van der Waals surface area (Å²) in [7, 11) is 0. The third-order valence-corrected chi connectivity index (χ3v) is 3.48. The number of aliphatic hydroxyl groups is 1. The molecule has 2 unspecified atom stereocenters. The number of likely N-dealkylation sites (tertiary alicyclic amines) is 1. The molecular weight excluding hydrogens is 202 g/mol. The van der Waals surface area contributed by atoms with Gasteiger partial charge in [-0.05, 0) is 32.0 Å². The SMILES string of the molecule is CCN1CCC(O)C(Cc2ccc(C)o2)C1. The minimum atomic E-state index is -0.173. The van der Waals surface area contributed by atoms with Gasteiger partial charge in [0.2, 0.25) is 0 Å². The van der Waals surface area contributed by atoms with Gasteiger partial charge in [-0.2, -0.15) is 0 Å². The predicted octanol–water partition coefficient (Wildman–Crippen LogP) is 1.83. The zero-order valence-electron chi connectivity index (χ0n) is 10.1. The molecule has 0 amide bonds. The Morgan fingerprint density at radius 3 is 2.94 bits per heavy atom. The van der Waals surface area contributed by atoms with Gasteiger partial charge < -0.3 is 14.4 Å². The van der Waals surface area contributed by atoms with Crippen LogP contribution in [0.15, 0.2) is 16.5 Å². The zero-order valence-corrected chi connectivity index (χ0v) is 10.1. The molecule has 1 fully saturated rings. The fourth-order valence-corrected chi connectivity index (χ4v) is 2.44. The largest absolute Gasteiger partial charge is 0.466 e. The van der Waals surface area contributed by atoms with Gasteiger partial charge in [-0.25, -0.2) is 0 Å². The molecule has 2 rings (SSSR count). The molecule has 2 heterocycles. The molecule has 1 aromatic rings. The average molecular weight is 223 g/mol. The number of aliphatic hydroxyl groups excluding tert-OH is 1. The molecule has 0 spiro atoms. The van der Waals surface area contributed by atoms with Crippen LogP contribution in [0.3, 0.4) is 0 Å². The number of aryl methyl sites for hydroxylation is 1. The van der Waals surface area contributed by atoms with E-state index in [4.69, 9.17) is 4.42 Å². The van der Waals surface area contributed by atoms with Crippen LogP contribution in [0.25, 0.3) is 0 Å². The first kappa shape index (κ1) is 11.7. The molecule has 0 radical (unpaired) electrons. The fourth-order valence-electron chi connectivity index (χ4n) is 2.44. The molecule has 0 aromatic carbocycles. The van der Waals surface area contributed by atoms with Gasteiger partial charge in [0.1, 0.15) is 11.5 Å². The maximum Gasteiger partial charge on any atom is 0.104 e. The Bertz CT molecular complexity index is 334. The van der Waals surface area contributed by atoms with E-state index < -0.39 is 0 Å². The molecule has 1 aliphatic heterocycles. The zero-order chi connectivity index (χ0) is 11.5. The molecule has 0 bridgehead atoms. The van der Waals surface area contributed by atoms with Crippen molar-refractivity contribution in [3.63, 3.8) is 0 Å². The highest BCUT2D eigenvalue weighted by atomic mass is 16.3. The number of furan rings is 1.